The van der Waals surface area contributed by atoms with Crippen LogP contribution in [0.2, 0.25) is 0 Å². The summed E-state index contributed by atoms with van der Waals surface area (Å²) in [5, 5.41) is 13.0. The van der Waals surface area contributed by atoms with Crippen LogP contribution in [-0.4, -0.2) is 61.9 Å². The molecule has 6 nitrogen and oxygen atoms in total. The van der Waals surface area contributed by atoms with Gasteiger partial charge in [-0.2, -0.15) is 0 Å². The predicted octanol–water partition coefficient (Wildman–Crippen LogP) is 0.255. The first kappa shape index (κ1) is 15.6. The molecule has 1 fully saturated rings. The molecule has 0 bridgehead atoms. The van der Waals surface area contributed by atoms with E-state index in [4.69, 9.17) is 9.47 Å². The summed E-state index contributed by atoms with van der Waals surface area (Å²) >= 11 is 0. The second-order valence-electron chi connectivity index (χ2n) is 5.12. The van der Waals surface area contributed by atoms with E-state index in [1.165, 1.54) is 0 Å². The van der Waals surface area contributed by atoms with Crippen molar-refractivity contribution >= 4 is 5.91 Å². The highest BCUT2D eigenvalue weighted by molar-refractivity contribution is 5.83. The molecule has 1 aromatic carbocycles. The Balaban J connectivity index is 1.75. The van der Waals surface area contributed by atoms with Crippen molar-refractivity contribution in [2.75, 3.05) is 33.9 Å². The number of methoxy groups -OCH3 is 1. The summed E-state index contributed by atoms with van der Waals surface area (Å²) in [6, 6.07) is 7.08. The number of hydrogen-bond donors (Lipinski definition) is 2. The highest BCUT2D eigenvalue weighted by atomic mass is 16.5. The quantitative estimate of drug-likeness (QED) is 0.754. The number of carbonyl (C=O) groups is 1. The number of nitrogens with zero attached hydrogens (tertiary/aromatic N) is 1. The van der Waals surface area contributed by atoms with Crippen molar-refractivity contribution in [3.8, 4) is 11.5 Å². The van der Waals surface area contributed by atoms with Gasteiger partial charge in [0, 0.05) is 20.1 Å². The first-order chi connectivity index (χ1) is 10.1. The molecular formula is C15H22N2O4. The summed E-state index contributed by atoms with van der Waals surface area (Å²) in [4.78, 5) is 13.4. The van der Waals surface area contributed by atoms with Crippen LogP contribution in [0.3, 0.4) is 0 Å². The van der Waals surface area contributed by atoms with E-state index in [-0.39, 0.29) is 18.6 Å². The van der Waals surface area contributed by atoms with Crippen molar-refractivity contribution < 1.29 is 19.4 Å². The molecule has 1 saturated heterocycles. The molecule has 21 heavy (non-hydrogen) atoms. The van der Waals surface area contributed by atoms with Gasteiger partial charge in [-0.3, -0.25) is 4.79 Å². The van der Waals surface area contributed by atoms with Crippen LogP contribution in [-0.2, 0) is 4.79 Å². The molecule has 1 amide bonds. The molecule has 0 aromatic heterocycles. The molecule has 116 valence electrons. The Hall–Kier alpha value is -1.79. The van der Waals surface area contributed by atoms with E-state index in [1.54, 1.807) is 31.2 Å². The fourth-order valence-electron chi connectivity index (χ4n) is 2.27. The van der Waals surface area contributed by atoms with Crippen LogP contribution in [0.5, 0.6) is 11.5 Å². The summed E-state index contributed by atoms with van der Waals surface area (Å²) in [5.74, 6) is 1.30. The van der Waals surface area contributed by atoms with E-state index >= 15 is 0 Å². The van der Waals surface area contributed by atoms with Crippen LogP contribution >= 0.6 is 0 Å². The smallest absolute Gasteiger partial charge is 0.239 e. The van der Waals surface area contributed by atoms with Gasteiger partial charge in [0.25, 0.3) is 0 Å². The largest absolute Gasteiger partial charge is 0.493 e. The lowest BCUT2D eigenvalue weighted by atomic mass is 10.2. The zero-order valence-corrected chi connectivity index (χ0v) is 12.4. The predicted molar refractivity (Wildman–Crippen MR) is 78.5 cm³/mol. The molecule has 1 heterocycles. The summed E-state index contributed by atoms with van der Waals surface area (Å²) < 4.78 is 10.7. The standard InChI is InChI=1S/C15H22N2O4/c1-17-8-7-12(15(17)19)16-9-11(18)10-21-14-6-4-3-5-13(14)20-2/h3-6,11-12,16,18H,7-10H2,1-2H3. The van der Waals surface area contributed by atoms with Crippen molar-refractivity contribution in [3.05, 3.63) is 24.3 Å². The van der Waals surface area contributed by atoms with Gasteiger partial charge in [0.05, 0.1) is 13.2 Å². The van der Waals surface area contributed by atoms with Gasteiger partial charge < -0.3 is 24.8 Å². The van der Waals surface area contributed by atoms with Crippen LogP contribution in [0, 0.1) is 0 Å². The molecule has 2 N–H and O–H groups in total. The van der Waals surface area contributed by atoms with E-state index in [9.17, 15) is 9.90 Å². The van der Waals surface area contributed by atoms with Crippen molar-refractivity contribution in [1.29, 1.82) is 0 Å². The zero-order valence-electron chi connectivity index (χ0n) is 12.4. The number of aliphatic hydroxyl groups excluding tert-OH is 1. The molecule has 0 aliphatic carbocycles. The number of amides is 1. The van der Waals surface area contributed by atoms with Gasteiger partial charge in [0.1, 0.15) is 12.7 Å². The van der Waals surface area contributed by atoms with Crippen LogP contribution in [0.15, 0.2) is 24.3 Å². The molecule has 1 aliphatic heterocycles. The minimum absolute atomic E-state index is 0.0767. The van der Waals surface area contributed by atoms with Crippen LogP contribution in [0.25, 0.3) is 0 Å². The minimum Gasteiger partial charge on any atom is -0.493 e. The number of aliphatic hydroxyl groups is 1. The number of hydrogen-bond acceptors (Lipinski definition) is 5. The number of likely N-dealkylation sites (tertiary alicyclic amines) is 1. The maximum absolute atomic E-state index is 11.7. The highest BCUT2D eigenvalue weighted by Crippen LogP contribution is 2.25. The third kappa shape index (κ3) is 4.09. The molecule has 2 rings (SSSR count). The second-order valence-corrected chi connectivity index (χ2v) is 5.12. The Kier molecular flexibility index (Phi) is 5.41. The van der Waals surface area contributed by atoms with Crippen molar-refractivity contribution in [1.82, 2.24) is 10.2 Å². The number of carbonyl (C=O) groups excluding carboxylic acids is 1. The summed E-state index contributed by atoms with van der Waals surface area (Å²) in [6.45, 7) is 1.22. The molecule has 1 aromatic rings. The molecule has 0 saturated carbocycles. The number of likely N-dealkylation sites (N-methyl/N-ethyl adjacent to an activating group) is 1. The maximum atomic E-state index is 11.7. The molecule has 1 aliphatic rings. The fourth-order valence-corrected chi connectivity index (χ4v) is 2.27. The molecule has 2 unspecified atom stereocenters. The number of benzene rings is 1. The maximum Gasteiger partial charge on any atom is 0.239 e. The molecular weight excluding hydrogens is 272 g/mol. The number of ether oxygens (including phenoxy) is 2. The van der Waals surface area contributed by atoms with Crippen molar-refractivity contribution in [3.63, 3.8) is 0 Å². The van der Waals surface area contributed by atoms with E-state index in [0.29, 0.717) is 18.0 Å². The third-order valence-corrected chi connectivity index (χ3v) is 3.53. The third-order valence-electron chi connectivity index (χ3n) is 3.53. The van der Waals surface area contributed by atoms with E-state index in [0.717, 1.165) is 13.0 Å². The molecule has 0 radical (unpaired) electrons. The van der Waals surface area contributed by atoms with Gasteiger partial charge in [-0.15, -0.1) is 0 Å². The molecule has 6 heteroatoms. The van der Waals surface area contributed by atoms with E-state index in [1.807, 2.05) is 12.1 Å². The Morgan fingerprint density at radius 1 is 1.43 bits per heavy atom. The number of rotatable bonds is 7. The van der Waals surface area contributed by atoms with Gasteiger partial charge in [-0.05, 0) is 18.6 Å². The summed E-state index contributed by atoms with van der Waals surface area (Å²) in [6.07, 6.45) is 0.0868. The minimum atomic E-state index is -0.686. The zero-order chi connectivity index (χ0) is 15.2. The first-order valence-electron chi connectivity index (χ1n) is 7.04. The van der Waals surface area contributed by atoms with Gasteiger partial charge in [-0.1, -0.05) is 12.1 Å². The average molecular weight is 294 g/mol. The normalized spacial score (nSPS) is 19.7. The monoisotopic (exact) mass is 294 g/mol. The first-order valence-corrected chi connectivity index (χ1v) is 7.04. The summed E-state index contributed by atoms with van der Waals surface area (Å²) in [7, 11) is 3.35. The van der Waals surface area contributed by atoms with Crippen molar-refractivity contribution in [2.24, 2.45) is 0 Å². The Labute approximate surface area is 124 Å². The number of para-hydroxylation sites is 2. The van der Waals surface area contributed by atoms with E-state index < -0.39 is 6.10 Å². The van der Waals surface area contributed by atoms with E-state index in [2.05, 4.69) is 5.32 Å². The van der Waals surface area contributed by atoms with Gasteiger partial charge in [0.2, 0.25) is 5.91 Å². The van der Waals surface area contributed by atoms with Crippen LogP contribution in [0.4, 0.5) is 0 Å². The Morgan fingerprint density at radius 2 is 2.14 bits per heavy atom. The van der Waals surface area contributed by atoms with Crippen LogP contribution in [0.1, 0.15) is 6.42 Å². The number of nitrogens with one attached hydrogen (secondary N) is 1. The Morgan fingerprint density at radius 3 is 2.76 bits per heavy atom. The van der Waals surface area contributed by atoms with Crippen molar-refractivity contribution in [2.45, 2.75) is 18.6 Å². The molecule has 2 atom stereocenters. The highest BCUT2D eigenvalue weighted by Gasteiger charge is 2.28. The van der Waals surface area contributed by atoms with Gasteiger partial charge >= 0.3 is 0 Å². The van der Waals surface area contributed by atoms with Gasteiger partial charge in [0.15, 0.2) is 11.5 Å². The SMILES string of the molecule is COc1ccccc1OCC(O)CNC1CCN(C)C1=O. The average Bonchev–Trinajstić information content (AvgIpc) is 2.82. The van der Waals surface area contributed by atoms with Gasteiger partial charge in [-0.25, -0.2) is 0 Å². The second kappa shape index (κ2) is 7.28. The summed E-state index contributed by atoms with van der Waals surface area (Å²) in [5.41, 5.74) is 0. The Bertz CT molecular complexity index is 480. The fraction of sp³-hybridized carbons (Fsp3) is 0.533. The lowest BCUT2D eigenvalue weighted by molar-refractivity contribution is -0.128. The lowest BCUT2D eigenvalue weighted by Crippen LogP contribution is -2.42. The van der Waals surface area contributed by atoms with Crippen LogP contribution < -0.4 is 14.8 Å². The lowest BCUT2D eigenvalue weighted by Gasteiger charge is -2.17. The topological polar surface area (TPSA) is 71.0 Å². The molecule has 0 spiro atoms.